The van der Waals surface area contributed by atoms with Crippen LogP contribution >= 0.6 is 12.2 Å². The molecule has 0 bridgehead atoms. The Balaban J connectivity index is 4.12. The normalized spacial score (nSPS) is 11.6. The molecule has 0 radical (unpaired) electrons. The van der Waals surface area contributed by atoms with Crippen molar-refractivity contribution in [3.8, 4) is 0 Å². The first-order chi connectivity index (χ1) is 6.31. The van der Waals surface area contributed by atoms with E-state index in [-0.39, 0.29) is 5.54 Å². The van der Waals surface area contributed by atoms with Gasteiger partial charge in [-0.1, -0.05) is 20.8 Å². The lowest BCUT2D eigenvalue weighted by Crippen LogP contribution is -2.49. The van der Waals surface area contributed by atoms with E-state index in [1.165, 1.54) is 0 Å². The number of hydrogen-bond donors (Lipinski definition) is 1. The third-order valence-electron chi connectivity index (χ3n) is 2.74. The van der Waals surface area contributed by atoms with Gasteiger partial charge in [-0.3, -0.25) is 0 Å². The fraction of sp³-hybridized carbons (Fsp3) is 0.909. The van der Waals surface area contributed by atoms with E-state index in [2.05, 4.69) is 51.9 Å². The van der Waals surface area contributed by atoms with Crippen LogP contribution in [0.3, 0.4) is 0 Å². The van der Waals surface area contributed by atoms with E-state index >= 15 is 0 Å². The van der Waals surface area contributed by atoms with E-state index in [1.54, 1.807) is 0 Å². The molecular weight excluding hydrogens is 192 g/mol. The molecule has 2 nitrogen and oxygen atoms in total. The van der Waals surface area contributed by atoms with Crippen LogP contribution in [0, 0.1) is 5.92 Å². The smallest absolute Gasteiger partial charge is 0.169 e. The molecule has 0 aromatic rings. The lowest BCUT2D eigenvalue weighted by molar-refractivity contribution is 0.243. The molecule has 0 aromatic heterocycles. The van der Waals surface area contributed by atoms with E-state index in [0.29, 0.717) is 5.92 Å². The zero-order chi connectivity index (χ0) is 11.4. The van der Waals surface area contributed by atoms with Gasteiger partial charge in [0.2, 0.25) is 0 Å². The van der Waals surface area contributed by atoms with Gasteiger partial charge in [-0.25, -0.2) is 0 Å². The van der Waals surface area contributed by atoms with E-state index in [9.17, 15) is 0 Å². The van der Waals surface area contributed by atoms with Gasteiger partial charge in [0.25, 0.3) is 0 Å². The van der Waals surface area contributed by atoms with E-state index in [4.69, 9.17) is 12.2 Å². The molecule has 14 heavy (non-hydrogen) atoms. The molecule has 0 saturated heterocycles. The van der Waals surface area contributed by atoms with Crippen LogP contribution in [0.25, 0.3) is 0 Å². The lowest BCUT2D eigenvalue weighted by atomic mass is 10.0. The predicted molar refractivity (Wildman–Crippen MR) is 67.6 cm³/mol. The zero-order valence-corrected chi connectivity index (χ0v) is 11.2. The van der Waals surface area contributed by atoms with Crippen LogP contribution in [0.15, 0.2) is 0 Å². The number of rotatable bonds is 4. The molecular formula is C11H24N2S. The highest BCUT2D eigenvalue weighted by atomic mass is 32.1. The summed E-state index contributed by atoms with van der Waals surface area (Å²) in [5, 5.41) is 4.13. The fourth-order valence-electron chi connectivity index (χ4n) is 0.922. The summed E-state index contributed by atoms with van der Waals surface area (Å²) in [6.07, 6.45) is 1.09. The molecule has 0 aliphatic heterocycles. The van der Waals surface area contributed by atoms with E-state index in [1.807, 2.05) is 0 Å². The molecule has 0 aliphatic rings. The van der Waals surface area contributed by atoms with Gasteiger partial charge >= 0.3 is 0 Å². The minimum atomic E-state index is 0.140. The van der Waals surface area contributed by atoms with Gasteiger partial charge in [-0.15, -0.1) is 0 Å². The second-order valence-corrected chi connectivity index (χ2v) is 5.19. The summed E-state index contributed by atoms with van der Waals surface area (Å²) >= 11 is 5.32. The minimum absolute atomic E-state index is 0.140. The predicted octanol–water partition coefficient (Wildman–Crippen LogP) is 2.64. The van der Waals surface area contributed by atoms with Crippen LogP contribution < -0.4 is 5.32 Å². The van der Waals surface area contributed by atoms with Gasteiger partial charge in [0.05, 0.1) is 0 Å². The van der Waals surface area contributed by atoms with Gasteiger partial charge in [0.1, 0.15) is 0 Å². The third kappa shape index (κ3) is 4.27. The van der Waals surface area contributed by atoms with Gasteiger partial charge in [0, 0.05) is 19.1 Å². The molecule has 1 N–H and O–H groups in total. The van der Waals surface area contributed by atoms with Crippen molar-refractivity contribution in [3.63, 3.8) is 0 Å². The van der Waals surface area contributed by atoms with Gasteiger partial charge in [-0.05, 0) is 38.4 Å². The Labute approximate surface area is 94.1 Å². The van der Waals surface area contributed by atoms with Crippen molar-refractivity contribution in [3.05, 3.63) is 0 Å². The summed E-state index contributed by atoms with van der Waals surface area (Å²) in [7, 11) is 2.05. The topological polar surface area (TPSA) is 15.3 Å². The average Bonchev–Trinajstić information content (AvgIpc) is 2.12. The van der Waals surface area contributed by atoms with Crippen LogP contribution in [0.4, 0.5) is 0 Å². The number of hydrogen-bond acceptors (Lipinski definition) is 1. The molecule has 0 heterocycles. The number of nitrogens with one attached hydrogen (secondary N) is 1. The van der Waals surface area contributed by atoms with Crippen LogP contribution in [0.5, 0.6) is 0 Å². The maximum atomic E-state index is 5.32. The average molecular weight is 216 g/mol. The molecule has 84 valence electrons. The van der Waals surface area contributed by atoms with Crippen molar-refractivity contribution in [2.24, 2.45) is 5.92 Å². The Kier molecular flexibility index (Phi) is 5.42. The molecule has 0 atom stereocenters. The minimum Gasteiger partial charge on any atom is -0.362 e. The number of nitrogens with zero attached hydrogens (tertiary/aromatic N) is 1. The monoisotopic (exact) mass is 216 g/mol. The van der Waals surface area contributed by atoms with Crippen LogP contribution in [0.1, 0.15) is 41.0 Å². The largest absolute Gasteiger partial charge is 0.362 e. The first-order valence-electron chi connectivity index (χ1n) is 5.33. The molecule has 0 unspecified atom stereocenters. The highest BCUT2D eigenvalue weighted by Crippen LogP contribution is 2.16. The first kappa shape index (κ1) is 13.7. The Morgan fingerprint density at radius 2 is 1.93 bits per heavy atom. The second kappa shape index (κ2) is 5.54. The first-order valence-corrected chi connectivity index (χ1v) is 5.73. The molecule has 0 aliphatic carbocycles. The van der Waals surface area contributed by atoms with Crippen molar-refractivity contribution >= 4 is 17.3 Å². The van der Waals surface area contributed by atoms with Gasteiger partial charge in [-0.2, -0.15) is 0 Å². The Morgan fingerprint density at radius 3 is 2.29 bits per heavy atom. The van der Waals surface area contributed by atoms with Crippen molar-refractivity contribution in [2.75, 3.05) is 13.6 Å². The number of thiocarbonyl (C=S) groups is 1. The summed E-state index contributed by atoms with van der Waals surface area (Å²) in [5.74, 6) is 0.631. The van der Waals surface area contributed by atoms with Crippen molar-refractivity contribution in [1.82, 2.24) is 10.2 Å². The molecule has 0 aromatic carbocycles. The molecule has 0 amide bonds. The molecule has 0 rings (SSSR count). The highest BCUT2D eigenvalue weighted by molar-refractivity contribution is 7.80. The van der Waals surface area contributed by atoms with E-state index < -0.39 is 0 Å². The second-order valence-electron chi connectivity index (χ2n) is 4.80. The van der Waals surface area contributed by atoms with Crippen molar-refractivity contribution < 1.29 is 0 Å². The Hall–Kier alpha value is -0.310. The molecule has 3 heteroatoms. The lowest BCUT2D eigenvalue weighted by Gasteiger charge is -2.37. The van der Waals surface area contributed by atoms with Crippen molar-refractivity contribution in [1.29, 1.82) is 0 Å². The summed E-state index contributed by atoms with van der Waals surface area (Å²) in [6.45, 7) is 11.9. The van der Waals surface area contributed by atoms with Crippen LogP contribution in [0.2, 0.25) is 0 Å². The fourth-order valence-corrected chi connectivity index (χ4v) is 1.25. The Bertz CT molecular complexity index is 188. The van der Waals surface area contributed by atoms with Crippen LogP contribution in [-0.2, 0) is 0 Å². The van der Waals surface area contributed by atoms with Crippen LogP contribution in [-0.4, -0.2) is 29.1 Å². The van der Waals surface area contributed by atoms with E-state index in [0.717, 1.165) is 18.1 Å². The summed E-state index contributed by atoms with van der Waals surface area (Å²) in [5.41, 5.74) is 0.140. The van der Waals surface area contributed by atoms with Gasteiger partial charge in [0.15, 0.2) is 5.11 Å². The zero-order valence-electron chi connectivity index (χ0n) is 10.3. The van der Waals surface area contributed by atoms with Crippen molar-refractivity contribution in [2.45, 2.75) is 46.6 Å². The molecule has 0 spiro atoms. The van der Waals surface area contributed by atoms with Gasteiger partial charge < -0.3 is 10.2 Å². The molecule has 0 fully saturated rings. The quantitative estimate of drug-likeness (QED) is 0.727. The molecule has 0 saturated carbocycles. The maximum absolute atomic E-state index is 5.32. The summed E-state index contributed by atoms with van der Waals surface area (Å²) in [4.78, 5) is 2.14. The Morgan fingerprint density at radius 1 is 1.43 bits per heavy atom. The SMILES string of the molecule is CCC(C)(C)N(C)C(=S)NCC(C)C. The summed E-state index contributed by atoms with van der Waals surface area (Å²) in [6, 6.07) is 0. The third-order valence-corrected chi connectivity index (χ3v) is 3.16. The highest BCUT2D eigenvalue weighted by Gasteiger charge is 2.22. The standard InChI is InChI=1S/C11H24N2S/c1-7-11(4,5)13(6)10(14)12-8-9(2)3/h9H,7-8H2,1-6H3,(H,12,14). The summed E-state index contributed by atoms with van der Waals surface area (Å²) < 4.78 is 0. The maximum Gasteiger partial charge on any atom is 0.169 e.